The molecular weight excluding hydrogens is 665 g/mol. The maximum absolute atomic E-state index is 8.97. The van der Waals surface area contributed by atoms with Gasteiger partial charge in [-0.2, -0.15) is 0 Å². The third-order valence-corrected chi connectivity index (χ3v) is 61.4. The van der Waals surface area contributed by atoms with Crippen LogP contribution in [0.2, 0.25) is 85.1 Å². The van der Waals surface area contributed by atoms with Crippen molar-refractivity contribution in [1.82, 2.24) is 0 Å². The Morgan fingerprint density at radius 1 is 0.617 bits per heavy atom. The van der Waals surface area contributed by atoms with Gasteiger partial charge in [0, 0.05) is 5.41 Å². The molecule has 1 nitrogen and oxygen atoms in total. The maximum atomic E-state index is 8.97. The minimum Gasteiger partial charge on any atom is -0.411 e. The van der Waals surface area contributed by atoms with E-state index in [9.17, 15) is 0 Å². The highest BCUT2D eigenvalue weighted by Crippen LogP contribution is 2.71. The van der Waals surface area contributed by atoms with Gasteiger partial charge in [0.2, 0.25) is 0 Å². The second kappa shape index (κ2) is 11.6. The molecule has 1 aliphatic heterocycles. The summed E-state index contributed by atoms with van der Waals surface area (Å²) < 4.78 is 8.97. The SMILES string of the molecule is C[Si](C)(/C=C/C1=C([Si](C)(C)c2ccccc2)[Si]([Si](C)(C)C)([Si](C)(C)C)OC1(C12CC3CC(CC(C3)C1)C2)[Si](C)(C)C)c1ccccc1. The minimum atomic E-state index is -2.40. The topological polar surface area (TPSA) is 9.23 Å². The van der Waals surface area contributed by atoms with E-state index in [0.29, 0.717) is 5.41 Å². The van der Waals surface area contributed by atoms with Crippen LogP contribution in [-0.4, -0.2) is 52.0 Å². The summed E-state index contributed by atoms with van der Waals surface area (Å²) in [5.41, 5.74) is 4.86. The van der Waals surface area contributed by atoms with Crippen LogP contribution >= 0.6 is 0 Å². The van der Waals surface area contributed by atoms with Gasteiger partial charge in [-0.15, -0.1) is 0 Å². The lowest BCUT2D eigenvalue weighted by molar-refractivity contribution is -0.118. The molecule has 7 heteroatoms. The average Bonchev–Trinajstić information content (AvgIpc) is 3.33. The smallest absolute Gasteiger partial charge is 0.190 e. The second-order valence-corrected chi connectivity index (χ2v) is 60.8. The van der Waals surface area contributed by atoms with Crippen LogP contribution < -0.4 is 10.4 Å². The molecule has 4 bridgehead atoms. The highest BCUT2D eigenvalue weighted by Gasteiger charge is 2.77. The Labute approximate surface area is 294 Å². The summed E-state index contributed by atoms with van der Waals surface area (Å²) in [6.07, 6.45) is 11.6. The standard InChI is InChI=1S/C40H66OSi6/c1-42(2,3)40(39-29-32-26-33(30-39)28-34(27-32)31-39)37(24-25-45(10,11)35-20-16-14-17-21-35)38(46(12,13)36-22-18-15-19-23-36)47(41-40,43(4,5)6)44(7,8)9/h14-25,32-34H,26-31H2,1-13H3/b25-24+. The van der Waals surface area contributed by atoms with Crippen molar-refractivity contribution in [2.24, 2.45) is 23.2 Å². The molecule has 5 aliphatic rings. The Kier molecular flexibility index (Phi) is 8.88. The Balaban J connectivity index is 1.77. The van der Waals surface area contributed by atoms with Crippen LogP contribution in [0.1, 0.15) is 38.5 Å². The van der Waals surface area contributed by atoms with Crippen molar-refractivity contribution in [3.8, 4) is 0 Å². The molecule has 0 N–H and O–H groups in total. The van der Waals surface area contributed by atoms with Crippen molar-refractivity contribution < 1.29 is 4.43 Å². The number of hydrogen-bond donors (Lipinski definition) is 0. The van der Waals surface area contributed by atoms with E-state index in [1.807, 2.05) is 4.82 Å². The molecule has 7 rings (SSSR count). The fourth-order valence-electron chi connectivity index (χ4n) is 12.4. The molecule has 1 heterocycles. The Morgan fingerprint density at radius 3 is 1.45 bits per heavy atom. The zero-order valence-corrected chi connectivity index (χ0v) is 38.3. The van der Waals surface area contributed by atoms with Gasteiger partial charge in [0.1, 0.15) is 16.1 Å². The van der Waals surface area contributed by atoms with Crippen molar-refractivity contribution in [1.29, 1.82) is 0 Å². The summed E-state index contributed by atoms with van der Waals surface area (Å²) in [6, 6.07) is 23.3. The van der Waals surface area contributed by atoms with Crippen molar-refractivity contribution >= 4 is 57.1 Å². The Hall–Kier alpha value is -0.819. The molecule has 0 amide bonds. The highest BCUT2D eigenvalue weighted by atomic mass is 29.7. The molecule has 0 spiro atoms. The van der Waals surface area contributed by atoms with Gasteiger partial charge in [-0.25, -0.2) is 0 Å². The highest BCUT2D eigenvalue weighted by molar-refractivity contribution is 7.71. The van der Waals surface area contributed by atoms with Crippen molar-refractivity contribution in [3.05, 3.63) is 82.8 Å². The predicted octanol–water partition coefficient (Wildman–Crippen LogP) is 10.3. The first-order valence-corrected chi connectivity index (χ1v) is 39.4. The first-order valence-electron chi connectivity index (χ1n) is 18.9. The van der Waals surface area contributed by atoms with Crippen LogP contribution in [0.3, 0.4) is 0 Å². The van der Waals surface area contributed by atoms with E-state index < -0.39 is 46.8 Å². The molecule has 47 heavy (non-hydrogen) atoms. The number of rotatable bonds is 9. The predicted molar refractivity (Wildman–Crippen MR) is 223 cm³/mol. The third-order valence-electron chi connectivity index (χ3n) is 13.6. The van der Waals surface area contributed by atoms with E-state index in [2.05, 4.69) is 158 Å². The summed E-state index contributed by atoms with van der Waals surface area (Å²) in [5.74, 6) is 2.74. The molecule has 1 atom stereocenters. The van der Waals surface area contributed by atoms with E-state index in [-0.39, 0.29) is 5.22 Å². The van der Waals surface area contributed by atoms with Crippen molar-refractivity contribution in [3.63, 3.8) is 0 Å². The molecule has 0 aromatic heterocycles. The van der Waals surface area contributed by atoms with E-state index in [4.69, 9.17) is 4.43 Å². The van der Waals surface area contributed by atoms with E-state index in [1.165, 1.54) is 38.5 Å². The first-order chi connectivity index (χ1) is 21.6. The van der Waals surface area contributed by atoms with Gasteiger partial charge in [0.15, 0.2) is 7.35 Å². The van der Waals surface area contributed by atoms with E-state index >= 15 is 0 Å². The molecular formula is C40H66OSi6. The fourth-order valence-corrected chi connectivity index (χ4v) is 79.4. The molecule has 2 aromatic rings. The summed E-state index contributed by atoms with van der Waals surface area (Å²) in [6.45, 7) is 35.4. The Bertz CT molecular complexity index is 1490. The largest absolute Gasteiger partial charge is 0.411 e. The average molecular weight is 731 g/mol. The quantitative estimate of drug-likeness (QED) is 0.234. The monoisotopic (exact) mass is 730 g/mol. The summed E-state index contributed by atoms with van der Waals surface area (Å²) in [7, 11) is -12.0. The van der Waals surface area contributed by atoms with Crippen LogP contribution in [0.4, 0.5) is 0 Å². The lowest BCUT2D eigenvalue weighted by Crippen LogP contribution is -2.80. The van der Waals surface area contributed by atoms with Gasteiger partial charge in [0.05, 0.1) is 28.5 Å². The molecule has 0 saturated heterocycles. The molecule has 4 fully saturated rings. The van der Waals surface area contributed by atoms with Crippen LogP contribution in [0.5, 0.6) is 0 Å². The van der Waals surface area contributed by atoms with Crippen LogP contribution in [0, 0.1) is 23.2 Å². The van der Waals surface area contributed by atoms with Gasteiger partial charge in [0.25, 0.3) is 0 Å². The zero-order valence-electron chi connectivity index (χ0n) is 32.3. The van der Waals surface area contributed by atoms with Crippen LogP contribution in [0.25, 0.3) is 0 Å². The van der Waals surface area contributed by atoms with E-state index in [0.717, 1.165) is 17.8 Å². The first kappa shape index (κ1) is 36.0. The van der Waals surface area contributed by atoms with Crippen LogP contribution in [-0.2, 0) is 4.43 Å². The molecule has 256 valence electrons. The second-order valence-electron chi connectivity index (χ2n) is 20.6. The molecule has 2 aromatic carbocycles. The van der Waals surface area contributed by atoms with E-state index in [1.54, 1.807) is 15.9 Å². The zero-order chi connectivity index (χ0) is 34.5. The third kappa shape index (κ3) is 5.46. The van der Waals surface area contributed by atoms with Crippen molar-refractivity contribution in [2.75, 3.05) is 0 Å². The summed E-state index contributed by atoms with van der Waals surface area (Å²) in [5, 5.41) is 3.06. The molecule has 0 radical (unpaired) electrons. The maximum Gasteiger partial charge on any atom is 0.190 e. The van der Waals surface area contributed by atoms with Gasteiger partial charge < -0.3 is 4.43 Å². The normalized spacial score (nSPS) is 31.3. The molecule has 4 saturated carbocycles. The van der Waals surface area contributed by atoms with Gasteiger partial charge >= 0.3 is 0 Å². The lowest BCUT2D eigenvalue weighted by atomic mass is 9.47. The molecule has 1 unspecified atom stereocenters. The number of hydrogen-bond acceptors (Lipinski definition) is 1. The summed E-state index contributed by atoms with van der Waals surface area (Å²) in [4.78, 5) is 1.97. The minimum absolute atomic E-state index is 0.102. The van der Waals surface area contributed by atoms with Gasteiger partial charge in [-0.05, 0) is 61.9 Å². The van der Waals surface area contributed by atoms with Crippen molar-refractivity contribution in [2.45, 2.75) is 129 Å². The Morgan fingerprint density at radius 2 is 1.04 bits per heavy atom. The molecule has 4 aliphatic carbocycles. The fraction of sp³-hybridized carbons (Fsp3) is 0.600. The number of benzene rings is 2. The summed E-state index contributed by atoms with van der Waals surface area (Å²) >= 11 is 0. The lowest BCUT2D eigenvalue weighted by Gasteiger charge is -2.67. The van der Waals surface area contributed by atoms with Gasteiger partial charge in [-0.1, -0.05) is 173 Å². The van der Waals surface area contributed by atoms with Crippen LogP contribution in [0.15, 0.2) is 82.8 Å². The van der Waals surface area contributed by atoms with Gasteiger partial charge in [-0.3, -0.25) is 0 Å².